The van der Waals surface area contributed by atoms with Gasteiger partial charge in [-0.1, -0.05) is 18.5 Å². The van der Waals surface area contributed by atoms with Crippen molar-refractivity contribution in [3.63, 3.8) is 0 Å². The molecular weight excluding hydrogens is 626 g/mol. The van der Waals surface area contributed by atoms with Crippen molar-refractivity contribution in [1.82, 2.24) is 14.8 Å². The number of nitrogens with one attached hydrogen (secondary N) is 1. The zero-order valence-corrected chi connectivity index (χ0v) is 23.9. The number of carboxylic acids is 2. The molecule has 4 rings (SSSR count). The van der Waals surface area contributed by atoms with Gasteiger partial charge in [-0.15, -0.1) is 0 Å². The number of carboxylic acid groups (broad SMARTS) is 2. The van der Waals surface area contributed by atoms with Crippen LogP contribution in [0.5, 0.6) is 0 Å². The highest BCUT2D eigenvalue weighted by molar-refractivity contribution is 6.30. The van der Waals surface area contributed by atoms with Crippen LogP contribution in [-0.2, 0) is 14.4 Å². The number of halogens is 7. The number of pyridine rings is 1. The van der Waals surface area contributed by atoms with Gasteiger partial charge in [0.05, 0.1) is 17.3 Å². The molecule has 2 aliphatic heterocycles. The molecule has 0 saturated carbocycles. The molecule has 0 aliphatic carbocycles. The van der Waals surface area contributed by atoms with Gasteiger partial charge in [-0.05, 0) is 68.8 Å². The van der Waals surface area contributed by atoms with E-state index in [1.807, 2.05) is 17.0 Å². The molecule has 3 N–H and O–H groups in total. The van der Waals surface area contributed by atoms with Crippen LogP contribution < -0.4 is 5.32 Å². The van der Waals surface area contributed by atoms with Crippen molar-refractivity contribution in [2.24, 2.45) is 5.41 Å². The zero-order valence-electron chi connectivity index (χ0n) is 23.2. The summed E-state index contributed by atoms with van der Waals surface area (Å²) in [5.74, 6) is -5.48. The minimum atomic E-state index is -5.08. The lowest BCUT2D eigenvalue weighted by molar-refractivity contribution is -0.193. The molecule has 17 heteroatoms. The van der Waals surface area contributed by atoms with Gasteiger partial charge in [0, 0.05) is 35.9 Å². The Kier molecular flexibility index (Phi) is 12.5. The number of benzene rings is 1. The first-order chi connectivity index (χ1) is 20.4. The first kappa shape index (κ1) is 36.3. The van der Waals surface area contributed by atoms with Crippen LogP contribution in [0.2, 0.25) is 5.02 Å². The highest BCUT2D eigenvalue weighted by Crippen LogP contribution is 2.44. The Bertz CT molecular complexity index is 1270. The summed E-state index contributed by atoms with van der Waals surface area (Å²) in [6, 6.07) is 10.8. The fourth-order valence-electron chi connectivity index (χ4n) is 4.92. The van der Waals surface area contributed by atoms with E-state index in [1.54, 1.807) is 36.7 Å². The lowest BCUT2D eigenvalue weighted by atomic mass is 9.75. The zero-order chi connectivity index (χ0) is 33.3. The van der Waals surface area contributed by atoms with E-state index in [2.05, 4.69) is 22.1 Å². The number of amides is 2. The third kappa shape index (κ3) is 9.80. The number of hydrogen-bond donors (Lipinski definition) is 3. The largest absolute Gasteiger partial charge is 0.490 e. The molecule has 2 aromatic rings. The van der Waals surface area contributed by atoms with E-state index in [0.717, 1.165) is 25.9 Å². The molecule has 0 unspecified atom stereocenters. The molecule has 2 saturated heterocycles. The van der Waals surface area contributed by atoms with E-state index < -0.39 is 29.7 Å². The molecule has 0 radical (unpaired) electrons. The summed E-state index contributed by atoms with van der Waals surface area (Å²) >= 11 is 5.97. The highest BCUT2D eigenvalue weighted by Gasteiger charge is 2.53. The maximum atomic E-state index is 13.5. The van der Waals surface area contributed by atoms with Gasteiger partial charge in [-0.3, -0.25) is 19.5 Å². The molecule has 2 fully saturated rings. The Morgan fingerprint density at radius 2 is 1.50 bits per heavy atom. The van der Waals surface area contributed by atoms with Crippen molar-refractivity contribution in [3.05, 3.63) is 59.4 Å². The fraction of sp³-hybridized carbons (Fsp3) is 0.444. The summed E-state index contributed by atoms with van der Waals surface area (Å²) in [4.78, 5) is 52.7. The summed E-state index contributed by atoms with van der Waals surface area (Å²) in [5, 5.41) is 17.9. The number of hydrogen-bond acceptors (Lipinski definition) is 6. The number of nitrogens with zero attached hydrogens (tertiary/aromatic N) is 3. The number of carbonyl (C=O) groups excluding carboxylic acids is 2. The third-order valence-corrected chi connectivity index (χ3v) is 7.32. The third-order valence-electron chi connectivity index (χ3n) is 7.07. The second kappa shape index (κ2) is 15.2. The predicted molar refractivity (Wildman–Crippen MR) is 145 cm³/mol. The molecule has 242 valence electrons. The van der Waals surface area contributed by atoms with Gasteiger partial charge in [0.1, 0.15) is 0 Å². The highest BCUT2D eigenvalue weighted by atomic mass is 35.5. The monoisotopic (exact) mass is 654 g/mol. The maximum Gasteiger partial charge on any atom is 0.490 e. The second-order valence-corrected chi connectivity index (χ2v) is 10.1. The maximum absolute atomic E-state index is 13.5. The summed E-state index contributed by atoms with van der Waals surface area (Å²) < 4.78 is 63.5. The van der Waals surface area contributed by atoms with Crippen molar-refractivity contribution in [2.45, 2.75) is 44.6 Å². The Morgan fingerprint density at radius 3 is 1.98 bits per heavy atom. The first-order valence-corrected chi connectivity index (χ1v) is 13.4. The fourth-order valence-corrected chi connectivity index (χ4v) is 5.04. The number of carbonyl (C=O) groups is 4. The van der Waals surface area contributed by atoms with E-state index in [1.165, 1.54) is 0 Å². The van der Waals surface area contributed by atoms with Crippen molar-refractivity contribution >= 4 is 41.0 Å². The SMILES string of the molecule is CCN1CC[C@@]2(C(=O)Nc3cccnc3)CCN(C(=O)c3ccc(Cl)cc3)CC[C@@H]12.O=C(O)C(F)(F)F.O=C(O)C(F)(F)F. The molecule has 0 bridgehead atoms. The van der Waals surface area contributed by atoms with Gasteiger partial charge < -0.3 is 20.4 Å². The van der Waals surface area contributed by atoms with E-state index in [0.29, 0.717) is 35.8 Å². The molecule has 0 spiro atoms. The lowest BCUT2D eigenvalue weighted by Crippen LogP contribution is -2.47. The standard InChI is InChI=1S/C23H27ClN4O2.2C2HF3O2/c1-2-27-14-10-23(22(30)26-19-4-3-12-25-16-19)11-15-28(13-9-20(23)27)21(29)17-5-7-18(24)8-6-17;2*3-2(4,5)1(6)7/h3-8,12,16,20H,2,9-11,13-15H2,1H3,(H,26,30);2*(H,6,7)/t20-,23-;;/m1../s1. The van der Waals surface area contributed by atoms with Crippen LogP contribution >= 0.6 is 11.6 Å². The number of likely N-dealkylation sites (tertiary alicyclic amines) is 2. The number of anilines is 1. The molecular formula is C27H29ClF6N4O6. The van der Waals surface area contributed by atoms with Gasteiger partial charge in [0.2, 0.25) is 5.91 Å². The Hall–Kier alpha value is -3.92. The smallest absolute Gasteiger partial charge is 0.475 e. The van der Waals surface area contributed by atoms with E-state index >= 15 is 0 Å². The first-order valence-electron chi connectivity index (χ1n) is 13.0. The van der Waals surface area contributed by atoms with Crippen LogP contribution in [0.15, 0.2) is 48.8 Å². The van der Waals surface area contributed by atoms with E-state index in [4.69, 9.17) is 31.4 Å². The number of aromatic nitrogens is 1. The van der Waals surface area contributed by atoms with Gasteiger partial charge in [-0.2, -0.15) is 26.3 Å². The van der Waals surface area contributed by atoms with Crippen LogP contribution in [0.25, 0.3) is 0 Å². The van der Waals surface area contributed by atoms with Gasteiger partial charge in [0.15, 0.2) is 0 Å². The predicted octanol–water partition coefficient (Wildman–Crippen LogP) is 4.96. The molecule has 1 aromatic carbocycles. The van der Waals surface area contributed by atoms with Gasteiger partial charge >= 0.3 is 24.3 Å². The molecule has 10 nitrogen and oxygen atoms in total. The molecule has 1 aromatic heterocycles. The van der Waals surface area contributed by atoms with Gasteiger partial charge in [0.25, 0.3) is 5.91 Å². The van der Waals surface area contributed by atoms with Crippen molar-refractivity contribution in [3.8, 4) is 0 Å². The molecule has 2 aliphatic rings. The molecule has 44 heavy (non-hydrogen) atoms. The summed E-state index contributed by atoms with van der Waals surface area (Å²) in [6.07, 6.45) is -4.56. The quantitative estimate of drug-likeness (QED) is 0.393. The van der Waals surface area contributed by atoms with Crippen LogP contribution in [0.3, 0.4) is 0 Å². The van der Waals surface area contributed by atoms with Crippen molar-refractivity contribution < 1.29 is 55.7 Å². The van der Waals surface area contributed by atoms with Crippen molar-refractivity contribution in [2.75, 3.05) is 31.5 Å². The average molecular weight is 655 g/mol. The Morgan fingerprint density at radius 1 is 0.955 bits per heavy atom. The minimum absolute atomic E-state index is 0.00231. The normalized spacial score (nSPS) is 20.1. The van der Waals surface area contributed by atoms with Crippen LogP contribution in [-0.4, -0.2) is 93.3 Å². The molecule has 3 heterocycles. The summed E-state index contributed by atoms with van der Waals surface area (Å²) in [5.41, 5.74) is 0.845. The minimum Gasteiger partial charge on any atom is -0.475 e. The second-order valence-electron chi connectivity index (χ2n) is 9.69. The number of rotatable bonds is 4. The van der Waals surface area contributed by atoms with E-state index in [9.17, 15) is 35.9 Å². The Balaban J connectivity index is 0.000000402. The summed E-state index contributed by atoms with van der Waals surface area (Å²) in [6.45, 7) is 5.15. The Labute approximate surface area is 252 Å². The number of aliphatic carboxylic acids is 2. The topological polar surface area (TPSA) is 140 Å². The lowest BCUT2D eigenvalue weighted by Gasteiger charge is -2.35. The van der Waals surface area contributed by atoms with Gasteiger partial charge in [-0.25, -0.2) is 9.59 Å². The van der Waals surface area contributed by atoms with Crippen molar-refractivity contribution in [1.29, 1.82) is 0 Å². The molecule has 2 amide bonds. The van der Waals surface area contributed by atoms with Crippen LogP contribution in [0.4, 0.5) is 32.0 Å². The summed E-state index contributed by atoms with van der Waals surface area (Å²) in [7, 11) is 0. The molecule has 2 atom stereocenters. The average Bonchev–Trinajstić information content (AvgIpc) is 3.20. The number of fused-ring (bicyclic) bond motifs is 1. The van der Waals surface area contributed by atoms with Crippen LogP contribution in [0.1, 0.15) is 36.5 Å². The van der Waals surface area contributed by atoms with E-state index in [-0.39, 0.29) is 17.9 Å². The number of alkyl halides is 6. The van der Waals surface area contributed by atoms with Crippen LogP contribution in [0, 0.1) is 5.41 Å².